The van der Waals surface area contributed by atoms with E-state index >= 15 is 0 Å². The van der Waals surface area contributed by atoms with Crippen LogP contribution in [0.4, 0.5) is 0 Å². The fourth-order valence-electron chi connectivity index (χ4n) is 8.60. The monoisotopic (exact) mass is 412 g/mol. The molecule has 0 spiro atoms. The molecule has 170 valence electrons. The van der Waals surface area contributed by atoms with Gasteiger partial charge in [0, 0.05) is 0 Å². The van der Waals surface area contributed by atoms with E-state index in [0.29, 0.717) is 10.8 Å². The summed E-state index contributed by atoms with van der Waals surface area (Å²) in [5, 5.41) is 10.2. The van der Waals surface area contributed by atoms with Crippen molar-refractivity contribution < 1.29 is 5.11 Å². The minimum Gasteiger partial charge on any atom is -0.393 e. The third-order valence-corrected chi connectivity index (χ3v) is 11.0. The first-order valence-electron chi connectivity index (χ1n) is 13.1. The van der Waals surface area contributed by atoms with E-state index in [1.54, 1.807) is 11.1 Å². The maximum Gasteiger partial charge on any atom is 0.0577 e. The molecule has 0 unspecified atom stereocenters. The van der Waals surface area contributed by atoms with Crippen LogP contribution in [-0.4, -0.2) is 11.2 Å². The van der Waals surface area contributed by atoms with Gasteiger partial charge in [0.25, 0.3) is 0 Å². The minimum atomic E-state index is -0.0892. The number of allylic oxidation sites excluding steroid dienone is 3. The summed E-state index contributed by atoms with van der Waals surface area (Å²) in [5.41, 5.74) is 6.01. The van der Waals surface area contributed by atoms with Crippen LogP contribution in [0.15, 0.2) is 22.8 Å². The van der Waals surface area contributed by atoms with Crippen LogP contribution in [0.25, 0.3) is 0 Å². The zero-order valence-corrected chi connectivity index (χ0v) is 20.9. The summed E-state index contributed by atoms with van der Waals surface area (Å²) < 4.78 is 0. The Labute approximate surface area is 186 Å². The van der Waals surface area contributed by atoms with Crippen LogP contribution >= 0.6 is 0 Å². The van der Waals surface area contributed by atoms with Gasteiger partial charge in [-0.3, -0.25) is 0 Å². The van der Waals surface area contributed by atoms with Crippen molar-refractivity contribution in [3.8, 4) is 0 Å². The molecule has 0 bridgehead atoms. The number of hydrogen-bond acceptors (Lipinski definition) is 1. The molecule has 0 aromatic rings. The molecule has 0 heterocycles. The van der Waals surface area contributed by atoms with Gasteiger partial charge < -0.3 is 5.11 Å². The predicted molar refractivity (Wildman–Crippen MR) is 128 cm³/mol. The molecule has 4 aliphatic carbocycles. The van der Waals surface area contributed by atoms with E-state index in [9.17, 15) is 5.11 Å². The fourth-order valence-corrected chi connectivity index (χ4v) is 8.60. The third-order valence-electron chi connectivity index (χ3n) is 11.0. The molecular formula is C29H48O. The molecule has 30 heavy (non-hydrogen) atoms. The Hall–Kier alpha value is -0.560. The average Bonchev–Trinajstić information content (AvgIpc) is 3.05. The van der Waals surface area contributed by atoms with Crippen LogP contribution in [0.3, 0.4) is 0 Å². The van der Waals surface area contributed by atoms with Crippen molar-refractivity contribution in [2.45, 2.75) is 112 Å². The van der Waals surface area contributed by atoms with Gasteiger partial charge in [-0.15, -0.1) is 0 Å². The molecule has 1 nitrogen and oxygen atoms in total. The van der Waals surface area contributed by atoms with Crippen molar-refractivity contribution in [1.29, 1.82) is 0 Å². The van der Waals surface area contributed by atoms with Crippen LogP contribution in [-0.2, 0) is 0 Å². The molecule has 4 aliphatic rings. The first-order valence-corrected chi connectivity index (χ1v) is 13.1. The smallest absolute Gasteiger partial charge is 0.0577 e. The van der Waals surface area contributed by atoms with E-state index in [2.05, 4.69) is 54.5 Å². The zero-order chi connectivity index (χ0) is 21.8. The molecule has 3 fully saturated rings. The standard InChI is InChI=1S/C29H48O/c1-18(2)21(5)19(3)16-20(4)25-10-11-26-24-9-8-22-17-23(30)12-14-28(22,6)27(24)13-15-29(25,26)7/h8,18-19,21,23-24,26-27,30H,9-17H2,1-7H3/b25-20+/t19-,21+,23+,24+,26-,27-,28+,29-/m1/s1. The first-order chi connectivity index (χ1) is 14.1. The SMILES string of the molecule is C/C(C[C@@H](C)[C@@H](C)C(C)C)=C1/CC[C@@H]2[C@@H]3CC=C4C[C@@H](O)CC[C@]4(C)[C@@H]3CC[C@]12C. The van der Waals surface area contributed by atoms with E-state index in [1.807, 2.05) is 5.57 Å². The largest absolute Gasteiger partial charge is 0.393 e. The Morgan fingerprint density at radius 1 is 1.03 bits per heavy atom. The second-order valence-electron chi connectivity index (χ2n) is 12.7. The van der Waals surface area contributed by atoms with Crippen molar-refractivity contribution in [1.82, 2.24) is 0 Å². The molecule has 0 aromatic carbocycles. The summed E-state index contributed by atoms with van der Waals surface area (Å²) in [6.07, 6.45) is 13.8. The van der Waals surface area contributed by atoms with Gasteiger partial charge in [0.15, 0.2) is 0 Å². The second kappa shape index (κ2) is 8.09. The highest BCUT2D eigenvalue weighted by Crippen LogP contribution is 2.66. The quantitative estimate of drug-likeness (QED) is 0.464. The fraction of sp³-hybridized carbons (Fsp3) is 0.862. The van der Waals surface area contributed by atoms with E-state index in [-0.39, 0.29) is 6.10 Å². The molecule has 1 N–H and O–H groups in total. The van der Waals surface area contributed by atoms with Gasteiger partial charge in [-0.1, -0.05) is 64.3 Å². The van der Waals surface area contributed by atoms with Crippen molar-refractivity contribution in [3.05, 3.63) is 22.8 Å². The molecule has 3 saturated carbocycles. The van der Waals surface area contributed by atoms with E-state index in [1.165, 1.54) is 44.9 Å². The molecule has 0 aromatic heterocycles. The second-order valence-corrected chi connectivity index (χ2v) is 12.7. The van der Waals surface area contributed by atoms with E-state index in [0.717, 1.165) is 48.3 Å². The van der Waals surface area contributed by atoms with Gasteiger partial charge in [-0.05, 0) is 111 Å². The summed E-state index contributed by atoms with van der Waals surface area (Å²) in [6.45, 7) is 17.4. The van der Waals surface area contributed by atoms with Crippen molar-refractivity contribution in [3.63, 3.8) is 0 Å². The Morgan fingerprint density at radius 3 is 2.40 bits per heavy atom. The number of fused-ring (bicyclic) bond motifs is 5. The van der Waals surface area contributed by atoms with Gasteiger partial charge >= 0.3 is 0 Å². The van der Waals surface area contributed by atoms with Gasteiger partial charge in [0.05, 0.1) is 6.10 Å². The zero-order valence-electron chi connectivity index (χ0n) is 20.9. The molecule has 4 rings (SSSR count). The van der Waals surface area contributed by atoms with Crippen LogP contribution in [0, 0.1) is 46.3 Å². The van der Waals surface area contributed by atoms with Gasteiger partial charge in [-0.25, -0.2) is 0 Å². The van der Waals surface area contributed by atoms with Crippen LogP contribution in [0.2, 0.25) is 0 Å². The first kappa shape index (κ1) is 22.6. The van der Waals surface area contributed by atoms with E-state index in [4.69, 9.17) is 0 Å². The Balaban J connectivity index is 1.57. The van der Waals surface area contributed by atoms with Crippen LogP contribution < -0.4 is 0 Å². The van der Waals surface area contributed by atoms with Crippen molar-refractivity contribution in [2.24, 2.45) is 46.3 Å². The summed E-state index contributed by atoms with van der Waals surface area (Å²) >= 11 is 0. The number of rotatable bonds is 4. The molecular weight excluding hydrogens is 364 g/mol. The topological polar surface area (TPSA) is 20.2 Å². The molecule has 8 atom stereocenters. The van der Waals surface area contributed by atoms with E-state index < -0.39 is 0 Å². The molecule has 1 heteroatoms. The lowest BCUT2D eigenvalue weighted by Gasteiger charge is -2.57. The Bertz CT molecular complexity index is 714. The maximum atomic E-state index is 10.2. The van der Waals surface area contributed by atoms with Gasteiger partial charge in [0.2, 0.25) is 0 Å². The normalized spacial score (nSPS) is 44.6. The summed E-state index contributed by atoms with van der Waals surface area (Å²) in [4.78, 5) is 0. The number of aliphatic hydroxyl groups excluding tert-OH is 1. The predicted octanol–water partition coefficient (Wildman–Crippen LogP) is 7.94. The Kier molecular flexibility index (Phi) is 6.10. The highest BCUT2D eigenvalue weighted by atomic mass is 16.3. The van der Waals surface area contributed by atoms with Gasteiger partial charge in [0.1, 0.15) is 0 Å². The molecule has 0 radical (unpaired) electrons. The molecule has 0 aliphatic heterocycles. The lowest BCUT2D eigenvalue weighted by molar-refractivity contribution is -0.0270. The van der Waals surface area contributed by atoms with Crippen molar-refractivity contribution in [2.75, 3.05) is 0 Å². The third kappa shape index (κ3) is 3.56. The summed E-state index contributed by atoms with van der Waals surface area (Å²) in [7, 11) is 0. The highest BCUT2D eigenvalue weighted by molar-refractivity contribution is 5.31. The van der Waals surface area contributed by atoms with Crippen molar-refractivity contribution >= 4 is 0 Å². The lowest BCUT2D eigenvalue weighted by Crippen LogP contribution is -2.49. The minimum absolute atomic E-state index is 0.0892. The van der Waals surface area contributed by atoms with Crippen LogP contribution in [0.1, 0.15) is 106 Å². The average molecular weight is 413 g/mol. The molecule has 0 amide bonds. The van der Waals surface area contributed by atoms with Crippen LogP contribution in [0.5, 0.6) is 0 Å². The maximum absolute atomic E-state index is 10.2. The number of aliphatic hydroxyl groups is 1. The highest BCUT2D eigenvalue weighted by Gasteiger charge is 2.57. The summed E-state index contributed by atoms with van der Waals surface area (Å²) in [5.74, 6) is 4.94. The summed E-state index contributed by atoms with van der Waals surface area (Å²) in [6, 6.07) is 0. The Morgan fingerprint density at radius 2 is 1.70 bits per heavy atom. The lowest BCUT2D eigenvalue weighted by atomic mass is 9.47. The number of hydrogen-bond donors (Lipinski definition) is 1. The molecule has 0 saturated heterocycles. The van der Waals surface area contributed by atoms with Gasteiger partial charge in [-0.2, -0.15) is 0 Å².